The zero-order chi connectivity index (χ0) is 30.7. The van der Waals surface area contributed by atoms with Crippen LogP contribution < -0.4 is 20.5 Å². The van der Waals surface area contributed by atoms with Crippen LogP contribution in [0.25, 0.3) is 17.1 Å². The fourth-order valence-electron chi connectivity index (χ4n) is 4.11. The van der Waals surface area contributed by atoms with Crippen LogP contribution in [-0.2, 0) is 4.79 Å². The molecule has 43 heavy (non-hydrogen) atoms. The molecule has 15 heteroatoms. The number of carbonyl (C=O) groups is 1. The first-order valence-corrected chi connectivity index (χ1v) is 14.9. The average Bonchev–Trinajstić information content (AvgIpc) is 3.60. The summed E-state index contributed by atoms with van der Waals surface area (Å²) in [5, 5.41) is 5.12. The predicted molar refractivity (Wildman–Crippen MR) is 167 cm³/mol. The van der Waals surface area contributed by atoms with Gasteiger partial charge in [0.15, 0.2) is 11.0 Å². The number of thiocarbonyl (C=S) groups is 1. The van der Waals surface area contributed by atoms with Crippen LogP contribution in [-0.4, -0.2) is 43.1 Å². The van der Waals surface area contributed by atoms with Crippen LogP contribution >= 0.6 is 39.9 Å². The number of thioether (sulfide) groups is 1. The van der Waals surface area contributed by atoms with Crippen LogP contribution in [0, 0.1) is 6.92 Å². The van der Waals surface area contributed by atoms with Gasteiger partial charge in [0.1, 0.15) is 12.1 Å². The van der Waals surface area contributed by atoms with Crippen molar-refractivity contribution in [2.24, 2.45) is 4.99 Å². The van der Waals surface area contributed by atoms with Crippen LogP contribution in [0.15, 0.2) is 82.5 Å². The fraction of sp³-hybridized carbons (Fsp3) is 0.179. The highest BCUT2D eigenvalue weighted by molar-refractivity contribution is 9.10. The average molecular weight is 691 g/mol. The normalized spacial score (nSPS) is 15.2. The summed E-state index contributed by atoms with van der Waals surface area (Å²) in [6.45, 7) is 3.88. The predicted octanol–water partition coefficient (Wildman–Crippen LogP) is 6.48. The Hall–Kier alpha value is -3.79. The van der Waals surface area contributed by atoms with Crippen molar-refractivity contribution >= 4 is 61.8 Å². The number of alkyl halides is 3. The molecule has 0 radical (unpaired) electrons. The molecule has 0 aliphatic carbocycles. The molecule has 0 saturated carbocycles. The minimum absolute atomic E-state index is 0.0677. The molecule has 1 aromatic heterocycles. The van der Waals surface area contributed by atoms with Crippen molar-refractivity contribution in [1.82, 2.24) is 25.6 Å². The number of ether oxygens (including phenoxy) is 1. The quantitative estimate of drug-likeness (QED) is 0.168. The molecule has 222 valence electrons. The number of nitrogens with zero attached hydrogens (tertiary/aromatic N) is 5. The highest BCUT2D eigenvalue weighted by Gasteiger charge is 2.32. The van der Waals surface area contributed by atoms with Crippen molar-refractivity contribution < 1.29 is 22.7 Å². The van der Waals surface area contributed by atoms with Gasteiger partial charge < -0.3 is 4.74 Å². The van der Waals surface area contributed by atoms with E-state index < -0.39 is 6.36 Å². The first kappa shape index (κ1) is 30.7. The number of halogens is 4. The number of amidine groups is 1. The lowest BCUT2D eigenvalue weighted by molar-refractivity contribution is -0.274. The first-order chi connectivity index (χ1) is 20.5. The Bertz CT molecular complexity index is 1680. The molecule has 0 bridgehead atoms. The van der Waals surface area contributed by atoms with Gasteiger partial charge in [-0.3, -0.25) is 15.1 Å². The monoisotopic (exact) mass is 689 g/mol. The summed E-state index contributed by atoms with van der Waals surface area (Å²) in [7, 11) is 0. The first-order valence-electron chi connectivity index (χ1n) is 12.7. The summed E-state index contributed by atoms with van der Waals surface area (Å²) < 4.78 is 43.4. The molecule has 1 saturated heterocycles. The minimum atomic E-state index is -4.75. The molecule has 1 fully saturated rings. The Morgan fingerprint density at radius 1 is 1.14 bits per heavy atom. The van der Waals surface area contributed by atoms with E-state index in [4.69, 9.17) is 12.2 Å². The second-order valence-corrected chi connectivity index (χ2v) is 11.6. The van der Waals surface area contributed by atoms with E-state index in [1.807, 2.05) is 56.3 Å². The number of hydrazine groups is 1. The zero-order valence-electron chi connectivity index (χ0n) is 22.6. The van der Waals surface area contributed by atoms with Gasteiger partial charge in [-0.05, 0) is 73.6 Å². The van der Waals surface area contributed by atoms with E-state index in [0.717, 1.165) is 26.9 Å². The van der Waals surface area contributed by atoms with E-state index in [2.05, 4.69) is 46.6 Å². The molecule has 2 N–H and O–H groups in total. The SMILES string of the molecule is Cc1ccc(Br)cc1N1C(=O)CSC1=NC(=S)NNC(C)c1ccc(-c2ncn(-c3ccc(OC(F)(F)F)cc3)n2)cc1. The van der Waals surface area contributed by atoms with Crippen molar-refractivity contribution in [1.29, 1.82) is 0 Å². The van der Waals surface area contributed by atoms with Gasteiger partial charge in [-0.2, -0.15) is 4.99 Å². The molecular weight excluding hydrogens is 667 g/mol. The lowest BCUT2D eigenvalue weighted by Crippen LogP contribution is -2.38. The molecular formula is C28H23BrF3N7O2S2. The number of hydrogen-bond acceptors (Lipinski definition) is 7. The highest BCUT2D eigenvalue weighted by Crippen LogP contribution is 2.31. The Morgan fingerprint density at radius 2 is 1.86 bits per heavy atom. The van der Waals surface area contributed by atoms with Gasteiger partial charge in [0.2, 0.25) is 11.0 Å². The number of aryl methyl sites for hydroxylation is 1. The summed E-state index contributed by atoms with van der Waals surface area (Å²) in [5.41, 5.74) is 9.99. The van der Waals surface area contributed by atoms with Gasteiger partial charge in [0.25, 0.3) is 0 Å². The summed E-state index contributed by atoms with van der Waals surface area (Å²) in [5.74, 6) is 0.344. The van der Waals surface area contributed by atoms with E-state index in [-0.39, 0.29) is 28.6 Å². The summed E-state index contributed by atoms with van der Waals surface area (Å²) in [4.78, 5) is 23.0. The second-order valence-electron chi connectivity index (χ2n) is 9.32. The Morgan fingerprint density at radius 3 is 2.56 bits per heavy atom. The van der Waals surface area contributed by atoms with E-state index in [0.29, 0.717) is 16.7 Å². The lowest BCUT2D eigenvalue weighted by atomic mass is 10.1. The zero-order valence-corrected chi connectivity index (χ0v) is 25.8. The summed E-state index contributed by atoms with van der Waals surface area (Å²) >= 11 is 10.2. The van der Waals surface area contributed by atoms with Gasteiger partial charge in [0, 0.05) is 16.1 Å². The molecule has 1 unspecified atom stereocenters. The standard InChI is InChI=1S/C28H23BrF3N7O2S2/c1-16-3-8-20(29)13-23(16)39-24(40)14-43-27(39)34-26(42)36-35-17(2)18-4-6-19(7-5-18)25-33-15-38(37-25)21-9-11-22(12-10-21)41-28(30,31)32/h3-13,15,17,35H,14H2,1-2H3,(H,36,42). The molecule has 1 atom stereocenters. The van der Waals surface area contributed by atoms with Gasteiger partial charge in [0.05, 0.1) is 17.1 Å². The number of aliphatic imine (C=N–C) groups is 1. The van der Waals surface area contributed by atoms with Crippen LogP contribution in [0.5, 0.6) is 5.75 Å². The smallest absolute Gasteiger partial charge is 0.406 e. The Balaban J connectivity index is 1.19. The van der Waals surface area contributed by atoms with Crippen molar-refractivity contribution in [2.75, 3.05) is 10.7 Å². The van der Waals surface area contributed by atoms with E-state index in [9.17, 15) is 18.0 Å². The molecule has 1 amide bonds. The number of benzene rings is 3. The van der Waals surface area contributed by atoms with Crippen LogP contribution in [0.1, 0.15) is 24.1 Å². The highest BCUT2D eigenvalue weighted by atomic mass is 79.9. The largest absolute Gasteiger partial charge is 0.573 e. The third kappa shape index (κ3) is 7.60. The van der Waals surface area contributed by atoms with Crippen LogP contribution in [0.3, 0.4) is 0 Å². The maximum Gasteiger partial charge on any atom is 0.573 e. The maximum absolute atomic E-state index is 12.6. The molecule has 4 aromatic rings. The van der Waals surface area contributed by atoms with Crippen molar-refractivity contribution in [2.45, 2.75) is 26.3 Å². The third-order valence-corrected chi connectivity index (χ3v) is 7.88. The summed E-state index contributed by atoms with van der Waals surface area (Å²) in [6, 6.07) is 18.5. The Kier molecular flexibility index (Phi) is 9.15. The lowest BCUT2D eigenvalue weighted by Gasteiger charge is -2.19. The number of amides is 1. The van der Waals surface area contributed by atoms with E-state index in [1.165, 1.54) is 47.0 Å². The molecule has 9 nitrogen and oxygen atoms in total. The topological polar surface area (TPSA) is 96.7 Å². The number of aromatic nitrogens is 3. The van der Waals surface area contributed by atoms with Gasteiger partial charge in [-0.15, -0.1) is 18.3 Å². The van der Waals surface area contributed by atoms with Crippen LogP contribution in [0.4, 0.5) is 18.9 Å². The van der Waals surface area contributed by atoms with Gasteiger partial charge in [-0.1, -0.05) is 58.0 Å². The third-order valence-electron chi connectivity index (χ3n) is 6.27. The van der Waals surface area contributed by atoms with Gasteiger partial charge >= 0.3 is 6.36 Å². The maximum atomic E-state index is 12.6. The molecule has 1 aliphatic heterocycles. The van der Waals surface area contributed by atoms with Crippen molar-refractivity contribution in [3.63, 3.8) is 0 Å². The fourth-order valence-corrected chi connectivity index (χ4v) is 5.53. The Labute approximate surface area is 262 Å². The number of anilines is 1. The number of hydrogen-bond donors (Lipinski definition) is 2. The second kappa shape index (κ2) is 12.8. The minimum Gasteiger partial charge on any atom is -0.406 e. The molecule has 5 rings (SSSR count). The van der Waals surface area contributed by atoms with Gasteiger partial charge in [-0.25, -0.2) is 15.1 Å². The number of nitrogens with one attached hydrogen (secondary N) is 2. The van der Waals surface area contributed by atoms with E-state index >= 15 is 0 Å². The molecule has 2 heterocycles. The number of carbonyl (C=O) groups excluding carboxylic acids is 1. The number of rotatable bonds is 7. The van der Waals surface area contributed by atoms with E-state index in [1.54, 1.807) is 4.90 Å². The molecule has 3 aromatic carbocycles. The van der Waals surface area contributed by atoms with Crippen LogP contribution in [0.2, 0.25) is 0 Å². The molecule has 1 aliphatic rings. The van der Waals surface area contributed by atoms with Crippen molar-refractivity contribution in [3.8, 4) is 22.8 Å². The summed E-state index contributed by atoms with van der Waals surface area (Å²) in [6.07, 6.45) is -3.27. The molecule has 0 spiro atoms. The van der Waals surface area contributed by atoms with Crippen molar-refractivity contribution in [3.05, 3.63) is 88.7 Å².